The number of carbonyl (C=O) groups is 2. The summed E-state index contributed by atoms with van der Waals surface area (Å²) in [5, 5.41) is 15.4. The van der Waals surface area contributed by atoms with E-state index in [2.05, 4.69) is 20.8 Å². The zero-order valence-electron chi connectivity index (χ0n) is 18.4. The summed E-state index contributed by atoms with van der Waals surface area (Å²) in [7, 11) is 1.83. The molecule has 0 unspecified atom stereocenters. The molecule has 2 aromatic carbocycles. The topological polar surface area (TPSA) is 88.9 Å². The van der Waals surface area contributed by atoms with E-state index in [1.165, 1.54) is 11.8 Å². The molecular formula is C23H26ClN5O2S. The van der Waals surface area contributed by atoms with Crippen molar-refractivity contribution in [2.45, 2.75) is 32.0 Å². The minimum absolute atomic E-state index is 0.0914. The fourth-order valence-electron chi connectivity index (χ4n) is 3.06. The van der Waals surface area contributed by atoms with Crippen LogP contribution in [0, 0.1) is 12.8 Å². The number of aromatic nitrogens is 3. The number of halogens is 1. The Labute approximate surface area is 197 Å². The second-order valence-corrected chi connectivity index (χ2v) is 9.13. The molecule has 0 spiro atoms. The number of aryl methyl sites for hydroxylation is 1. The van der Waals surface area contributed by atoms with E-state index >= 15 is 0 Å². The summed E-state index contributed by atoms with van der Waals surface area (Å²) in [5.74, 6) is 0.517. The van der Waals surface area contributed by atoms with Crippen molar-refractivity contribution in [3.63, 3.8) is 0 Å². The van der Waals surface area contributed by atoms with Crippen molar-refractivity contribution in [3.05, 3.63) is 70.5 Å². The van der Waals surface area contributed by atoms with Crippen LogP contribution in [0.3, 0.4) is 0 Å². The standard InChI is InChI=1S/C23H26ClN5O2S/c1-14(2)20(26-22(31)16-11-9-15(3)10-12-16)21-27-28-23(29(21)4)32-13-19(30)25-18-8-6-5-7-17(18)24/h5-12,14,20H,13H2,1-4H3,(H,25,30)(H,26,31)/t20-/m1/s1. The first kappa shape index (κ1) is 23.8. The Bertz CT molecular complexity index is 1100. The highest BCUT2D eigenvalue weighted by Gasteiger charge is 2.25. The van der Waals surface area contributed by atoms with Gasteiger partial charge in [-0.25, -0.2) is 0 Å². The first-order valence-corrected chi connectivity index (χ1v) is 11.6. The van der Waals surface area contributed by atoms with Gasteiger partial charge in [-0.05, 0) is 37.1 Å². The minimum Gasteiger partial charge on any atom is -0.342 e. The maximum Gasteiger partial charge on any atom is 0.251 e. The summed E-state index contributed by atoms with van der Waals surface area (Å²) >= 11 is 7.36. The summed E-state index contributed by atoms with van der Waals surface area (Å²) < 4.78 is 1.81. The second-order valence-electron chi connectivity index (χ2n) is 7.78. The Morgan fingerprint density at radius 3 is 2.44 bits per heavy atom. The Morgan fingerprint density at radius 2 is 1.78 bits per heavy atom. The number of amides is 2. The van der Waals surface area contributed by atoms with Crippen LogP contribution < -0.4 is 10.6 Å². The number of hydrogen-bond donors (Lipinski definition) is 2. The monoisotopic (exact) mass is 471 g/mol. The van der Waals surface area contributed by atoms with Gasteiger partial charge in [0.15, 0.2) is 11.0 Å². The molecule has 168 valence electrons. The molecule has 3 aromatic rings. The Morgan fingerprint density at radius 1 is 1.09 bits per heavy atom. The smallest absolute Gasteiger partial charge is 0.251 e. The first-order valence-electron chi connectivity index (χ1n) is 10.2. The summed E-state index contributed by atoms with van der Waals surface area (Å²) in [6.45, 7) is 6.00. The molecule has 0 radical (unpaired) electrons. The Kier molecular flexibility index (Phi) is 7.93. The fourth-order valence-corrected chi connectivity index (χ4v) is 3.96. The molecule has 2 N–H and O–H groups in total. The lowest BCUT2D eigenvalue weighted by Gasteiger charge is -2.21. The van der Waals surface area contributed by atoms with E-state index in [4.69, 9.17) is 11.6 Å². The highest BCUT2D eigenvalue weighted by atomic mass is 35.5. The predicted molar refractivity (Wildman–Crippen MR) is 128 cm³/mol. The van der Waals surface area contributed by atoms with E-state index in [0.29, 0.717) is 27.3 Å². The number of nitrogens with one attached hydrogen (secondary N) is 2. The zero-order valence-corrected chi connectivity index (χ0v) is 20.0. The van der Waals surface area contributed by atoms with Gasteiger partial charge in [0.25, 0.3) is 5.91 Å². The zero-order chi connectivity index (χ0) is 23.3. The number of benzene rings is 2. The third-order valence-electron chi connectivity index (χ3n) is 4.89. The number of rotatable bonds is 8. The van der Waals surface area contributed by atoms with Gasteiger partial charge in [-0.1, -0.05) is 67.0 Å². The normalized spacial score (nSPS) is 11.9. The minimum atomic E-state index is -0.326. The van der Waals surface area contributed by atoms with Crippen LogP contribution >= 0.6 is 23.4 Å². The van der Waals surface area contributed by atoms with E-state index in [0.717, 1.165) is 5.56 Å². The van der Waals surface area contributed by atoms with Crippen LogP contribution in [0.25, 0.3) is 0 Å². The molecule has 9 heteroatoms. The quantitative estimate of drug-likeness (QED) is 0.467. The number of hydrogen-bond acceptors (Lipinski definition) is 5. The van der Waals surface area contributed by atoms with Crippen LogP contribution in [0.5, 0.6) is 0 Å². The van der Waals surface area contributed by atoms with Crippen molar-refractivity contribution in [2.75, 3.05) is 11.1 Å². The van der Waals surface area contributed by atoms with E-state index in [9.17, 15) is 9.59 Å². The van der Waals surface area contributed by atoms with Crippen molar-refractivity contribution in [2.24, 2.45) is 13.0 Å². The molecule has 1 aromatic heterocycles. The van der Waals surface area contributed by atoms with Crippen LogP contribution in [-0.2, 0) is 11.8 Å². The molecule has 0 aliphatic heterocycles. The fraction of sp³-hybridized carbons (Fsp3) is 0.304. The summed E-state index contributed by atoms with van der Waals surface area (Å²) in [4.78, 5) is 25.1. The van der Waals surface area contributed by atoms with E-state index in [1.54, 1.807) is 36.4 Å². The summed E-state index contributed by atoms with van der Waals surface area (Å²) in [6.07, 6.45) is 0. The number of thioether (sulfide) groups is 1. The van der Waals surface area contributed by atoms with Gasteiger partial charge in [-0.15, -0.1) is 10.2 Å². The predicted octanol–water partition coefficient (Wildman–Crippen LogP) is 4.63. The molecule has 0 bridgehead atoms. The van der Waals surface area contributed by atoms with E-state index in [-0.39, 0.29) is 29.5 Å². The lowest BCUT2D eigenvalue weighted by molar-refractivity contribution is -0.113. The molecular weight excluding hydrogens is 446 g/mol. The van der Waals surface area contributed by atoms with Crippen LogP contribution in [0.4, 0.5) is 5.69 Å². The largest absolute Gasteiger partial charge is 0.342 e. The molecule has 0 saturated carbocycles. The van der Waals surface area contributed by atoms with E-state index in [1.807, 2.05) is 44.5 Å². The molecule has 3 rings (SSSR count). The molecule has 2 amide bonds. The number of para-hydroxylation sites is 1. The third kappa shape index (κ3) is 5.89. The maximum atomic E-state index is 12.7. The molecule has 32 heavy (non-hydrogen) atoms. The summed E-state index contributed by atoms with van der Waals surface area (Å²) in [5.41, 5.74) is 2.25. The van der Waals surface area contributed by atoms with Gasteiger partial charge in [0, 0.05) is 12.6 Å². The van der Waals surface area contributed by atoms with Crippen LogP contribution in [0.2, 0.25) is 5.02 Å². The van der Waals surface area contributed by atoms with Gasteiger partial charge in [0.2, 0.25) is 5.91 Å². The highest BCUT2D eigenvalue weighted by molar-refractivity contribution is 7.99. The van der Waals surface area contributed by atoms with Gasteiger partial charge in [-0.3, -0.25) is 9.59 Å². The Hall–Kier alpha value is -2.84. The maximum absolute atomic E-state index is 12.7. The van der Waals surface area contributed by atoms with Crippen molar-refractivity contribution in [1.29, 1.82) is 0 Å². The Balaban J connectivity index is 1.67. The van der Waals surface area contributed by atoms with Crippen molar-refractivity contribution in [3.8, 4) is 0 Å². The molecule has 1 atom stereocenters. The van der Waals surface area contributed by atoms with Gasteiger partial charge in [-0.2, -0.15) is 0 Å². The van der Waals surface area contributed by atoms with E-state index < -0.39 is 0 Å². The van der Waals surface area contributed by atoms with Gasteiger partial charge < -0.3 is 15.2 Å². The van der Waals surface area contributed by atoms with Gasteiger partial charge in [0.1, 0.15) is 0 Å². The van der Waals surface area contributed by atoms with Crippen LogP contribution in [-0.4, -0.2) is 32.3 Å². The average Bonchev–Trinajstić information content (AvgIpc) is 3.12. The van der Waals surface area contributed by atoms with Gasteiger partial charge in [0.05, 0.1) is 22.5 Å². The SMILES string of the molecule is Cc1ccc(C(=O)N[C@@H](c2nnc(SCC(=O)Nc3ccccc3Cl)n2C)C(C)C)cc1. The molecule has 7 nitrogen and oxygen atoms in total. The molecule has 0 aliphatic carbocycles. The van der Waals surface area contributed by atoms with Crippen molar-refractivity contribution >= 4 is 40.9 Å². The average molecular weight is 472 g/mol. The highest BCUT2D eigenvalue weighted by Crippen LogP contribution is 2.25. The van der Waals surface area contributed by atoms with Crippen molar-refractivity contribution in [1.82, 2.24) is 20.1 Å². The second kappa shape index (κ2) is 10.7. The number of anilines is 1. The first-order chi connectivity index (χ1) is 15.3. The third-order valence-corrected chi connectivity index (χ3v) is 6.24. The molecule has 0 aliphatic rings. The van der Waals surface area contributed by atoms with Gasteiger partial charge >= 0.3 is 0 Å². The lowest BCUT2D eigenvalue weighted by Crippen LogP contribution is -2.33. The van der Waals surface area contributed by atoms with Crippen molar-refractivity contribution < 1.29 is 9.59 Å². The van der Waals surface area contributed by atoms with Crippen LogP contribution in [0.1, 0.15) is 41.6 Å². The molecule has 0 saturated heterocycles. The molecule has 1 heterocycles. The molecule has 0 fully saturated rings. The lowest BCUT2D eigenvalue weighted by atomic mass is 10.0. The number of nitrogens with zero attached hydrogens (tertiary/aromatic N) is 3. The van der Waals surface area contributed by atoms with Crippen LogP contribution in [0.15, 0.2) is 53.7 Å². The summed E-state index contributed by atoms with van der Waals surface area (Å²) in [6, 6.07) is 14.2. The number of carbonyl (C=O) groups excluding carboxylic acids is 2.